The smallest absolute Gasteiger partial charge is 0.240 e. The third kappa shape index (κ3) is 4.22. The van der Waals surface area contributed by atoms with Crippen molar-refractivity contribution in [2.45, 2.75) is 38.8 Å². The Morgan fingerprint density at radius 1 is 1.35 bits per heavy atom. The number of benzene rings is 1. The number of aromatic nitrogens is 2. The van der Waals surface area contributed by atoms with E-state index >= 15 is 0 Å². The molecule has 0 saturated carbocycles. The van der Waals surface area contributed by atoms with Gasteiger partial charge in [0, 0.05) is 18.9 Å². The Balaban J connectivity index is 1.88. The van der Waals surface area contributed by atoms with Gasteiger partial charge in [-0.05, 0) is 12.0 Å². The Bertz CT molecular complexity index is 557. The number of nitrogens with zero attached hydrogens (tertiary/aromatic N) is 2. The van der Waals surface area contributed by atoms with Crippen molar-refractivity contribution in [1.29, 1.82) is 0 Å². The molecular formula is C16H19N3O. The molecule has 0 radical (unpaired) electrons. The lowest BCUT2D eigenvalue weighted by molar-refractivity contribution is 0.352. The minimum atomic E-state index is 0.296. The average Bonchev–Trinajstić information content (AvgIpc) is 2.92. The topological polar surface area (TPSA) is 51.0 Å². The van der Waals surface area contributed by atoms with E-state index < -0.39 is 0 Å². The zero-order valence-electron chi connectivity index (χ0n) is 11.7. The highest BCUT2D eigenvalue weighted by atomic mass is 16.5. The van der Waals surface area contributed by atoms with Gasteiger partial charge in [0.1, 0.15) is 0 Å². The molecule has 20 heavy (non-hydrogen) atoms. The van der Waals surface area contributed by atoms with E-state index in [0.29, 0.717) is 37.1 Å². The fourth-order valence-electron chi connectivity index (χ4n) is 1.95. The minimum absolute atomic E-state index is 0.296. The molecule has 1 N–H and O–H groups in total. The summed E-state index contributed by atoms with van der Waals surface area (Å²) in [5, 5.41) is 7.32. The van der Waals surface area contributed by atoms with E-state index in [0.717, 1.165) is 6.42 Å². The van der Waals surface area contributed by atoms with Gasteiger partial charge in [-0.25, -0.2) is 0 Å². The Labute approximate surface area is 119 Å². The minimum Gasteiger partial charge on any atom is -0.338 e. The molecule has 2 rings (SSSR count). The summed E-state index contributed by atoms with van der Waals surface area (Å²) < 4.78 is 5.23. The zero-order chi connectivity index (χ0) is 14.2. The summed E-state index contributed by atoms with van der Waals surface area (Å²) in [5.41, 5.74) is 1.17. The van der Waals surface area contributed by atoms with Crippen LogP contribution in [0, 0.1) is 12.3 Å². The Hall–Kier alpha value is -2.12. The first-order valence-corrected chi connectivity index (χ1v) is 6.84. The van der Waals surface area contributed by atoms with Crippen LogP contribution in [0.1, 0.15) is 37.0 Å². The van der Waals surface area contributed by atoms with E-state index in [1.165, 1.54) is 5.56 Å². The van der Waals surface area contributed by atoms with E-state index in [-0.39, 0.29) is 0 Å². The highest BCUT2D eigenvalue weighted by Gasteiger charge is 2.09. The molecular weight excluding hydrogens is 250 g/mol. The van der Waals surface area contributed by atoms with Gasteiger partial charge in [-0.15, -0.1) is 12.3 Å². The molecule has 104 valence electrons. The highest BCUT2D eigenvalue weighted by molar-refractivity contribution is 5.18. The number of rotatable bonds is 7. The van der Waals surface area contributed by atoms with Crippen molar-refractivity contribution in [2.75, 3.05) is 0 Å². The molecule has 0 aliphatic heterocycles. The molecule has 0 aliphatic carbocycles. The lowest BCUT2D eigenvalue weighted by Gasteiger charge is -2.11. The molecule has 0 amide bonds. The summed E-state index contributed by atoms with van der Waals surface area (Å²) in [6, 6.07) is 10.4. The van der Waals surface area contributed by atoms with Crippen LogP contribution in [0.3, 0.4) is 0 Å². The first-order valence-electron chi connectivity index (χ1n) is 6.84. The van der Waals surface area contributed by atoms with Crippen LogP contribution >= 0.6 is 0 Å². The van der Waals surface area contributed by atoms with Gasteiger partial charge >= 0.3 is 0 Å². The second-order valence-electron chi connectivity index (χ2n) is 4.66. The summed E-state index contributed by atoms with van der Waals surface area (Å²) in [6.45, 7) is 2.66. The Kier molecular flexibility index (Phi) is 5.33. The second-order valence-corrected chi connectivity index (χ2v) is 4.66. The van der Waals surface area contributed by atoms with Gasteiger partial charge in [-0.3, -0.25) is 0 Å². The van der Waals surface area contributed by atoms with Crippen LogP contribution in [0.25, 0.3) is 0 Å². The lowest BCUT2D eigenvalue weighted by atomic mass is 10.1. The number of nitrogens with one attached hydrogen (secondary N) is 1. The SMILES string of the molecule is C#CCC(CC)NCc1nc(Cc2ccccc2)no1. The van der Waals surface area contributed by atoms with Gasteiger partial charge in [0.25, 0.3) is 0 Å². The fraction of sp³-hybridized carbons (Fsp3) is 0.375. The predicted octanol–water partition coefficient (Wildman–Crippen LogP) is 2.55. The first-order chi connectivity index (χ1) is 9.81. The largest absolute Gasteiger partial charge is 0.338 e. The number of terminal acetylenes is 1. The van der Waals surface area contributed by atoms with Gasteiger partial charge in [0.2, 0.25) is 5.89 Å². The molecule has 4 nitrogen and oxygen atoms in total. The summed E-state index contributed by atoms with van der Waals surface area (Å²) in [5.74, 6) is 3.97. The van der Waals surface area contributed by atoms with Gasteiger partial charge in [-0.1, -0.05) is 42.4 Å². The molecule has 0 spiro atoms. The van der Waals surface area contributed by atoms with Crippen molar-refractivity contribution in [2.24, 2.45) is 0 Å². The zero-order valence-corrected chi connectivity index (χ0v) is 11.7. The Morgan fingerprint density at radius 2 is 2.15 bits per heavy atom. The second kappa shape index (κ2) is 7.46. The monoisotopic (exact) mass is 269 g/mol. The van der Waals surface area contributed by atoms with Gasteiger partial charge in [0.05, 0.1) is 6.54 Å². The van der Waals surface area contributed by atoms with Gasteiger partial charge in [0.15, 0.2) is 5.82 Å². The van der Waals surface area contributed by atoms with Crippen LogP contribution in [0.2, 0.25) is 0 Å². The molecule has 1 aromatic heterocycles. The van der Waals surface area contributed by atoms with Crippen LogP contribution in [-0.4, -0.2) is 16.2 Å². The van der Waals surface area contributed by atoms with E-state index in [1.54, 1.807) is 0 Å². The molecule has 0 aliphatic rings. The van der Waals surface area contributed by atoms with Crippen LogP contribution < -0.4 is 5.32 Å². The highest BCUT2D eigenvalue weighted by Crippen LogP contribution is 2.07. The molecule has 0 saturated heterocycles. The van der Waals surface area contributed by atoms with Crippen molar-refractivity contribution in [1.82, 2.24) is 15.5 Å². The maximum atomic E-state index is 5.32. The van der Waals surface area contributed by atoms with Crippen LogP contribution in [0.5, 0.6) is 0 Å². The van der Waals surface area contributed by atoms with Crippen LogP contribution in [0.4, 0.5) is 0 Å². The van der Waals surface area contributed by atoms with Crippen LogP contribution in [-0.2, 0) is 13.0 Å². The quantitative estimate of drug-likeness (QED) is 0.785. The summed E-state index contributed by atoms with van der Waals surface area (Å²) >= 11 is 0. The van der Waals surface area contributed by atoms with Gasteiger partial charge < -0.3 is 9.84 Å². The van der Waals surface area contributed by atoms with E-state index in [9.17, 15) is 0 Å². The van der Waals surface area contributed by atoms with E-state index in [2.05, 4.69) is 28.3 Å². The predicted molar refractivity (Wildman–Crippen MR) is 77.9 cm³/mol. The molecule has 0 bridgehead atoms. The normalized spacial score (nSPS) is 12.0. The van der Waals surface area contributed by atoms with Gasteiger partial charge in [-0.2, -0.15) is 4.98 Å². The number of hydrogen-bond donors (Lipinski definition) is 1. The molecule has 1 unspecified atom stereocenters. The molecule has 1 aromatic carbocycles. The van der Waals surface area contributed by atoms with Crippen molar-refractivity contribution >= 4 is 0 Å². The molecule has 2 aromatic rings. The van der Waals surface area contributed by atoms with Crippen molar-refractivity contribution in [3.05, 3.63) is 47.6 Å². The maximum Gasteiger partial charge on any atom is 0.240 e. The lowest BCUT2D eigenvalue weighted by Crippen LogP contribution is -2.27. The van der Waals surface area contributed by atoms with Crippen molar-refractivity contribution in [3.8, 4) is 12.3 Å². The van der Waals surface area contributed by atoms with E-state index in [1.807, 2.05) is 30.3 Å². The molecule has 0 fully saturated rings. The Morgan fingerprint density at radius 3 is 2.85 bits per heavy atom. The first kappa shape index (κ1) is 14.3. The summed E-state index contributed by atoms with van der Waals surface area (Å²) in [7, 11) is 0. The molecule has 1 atom stereocenters. The number of hydrogen-bond acceptors (Lipinski definition) is 4. The maximum absolute atomic E-state index is 5.32. The summed E-state index contributed by atoms with van der Waals surface area (Å²) in [6.07, 6.45) is 7.70. The van der Waals surface area contributed by atoms with Crippen molar-refractivity contribution in [3.63, 3.8) is 0 Å². The third-order valence-electron chi connectivity index (χ3n) is 3.11. The molecule has 4 heteroatoms. The van der Waals surface area contributed by atoms with Crippen molar-refractivity contribution < 1.29 is 4.52 Å². The third-order valence-corrected chi connectivity index (χ3v) is 3.11. The standard InChI is InChI=1S/C16H19N3O/c1-3-8-14(4-2)17-12-16-18-15(19-20-16)11-13-9-6-5-7-10-13/h1,5-7,9-10,14,17H,4,8,11-12H2,2H3. The van der Waals surface area contributed by atoms with E-state index in [4.69, 9.17) is 10.9 Å². The fourth-order valence-corrected chi connectivity index (χ4v) is 1.95. The molecule has 1 heterocycles. The average molecular weight is 269 g/mol. The summed E-state index contributed by atoms with van der Waals surface area (Å²) in [4.78, 5) is 4.38. The van der Waals surface area contributed by atoms with Crippen LogP contribution in [0.15, 0.2) is 34.9 Å².